The summed E-state index contributed by atoms with van der Waals surface area (Å²) in [6, 6.07) is 9.91. The summed E-state index contributed by atoms with van der Waals surface area (Å²) < 4.78 is 0. The predicted octanol–water partition coefficient (Wildman–Crippen LogP) is 5.40. The lowest BCUT2D eigenvalue weighted by molar-refractivity contribution is -0.134. The first kappa shape index (κ1) is 28.5. The highest BCUT2D eigenvalue weighted by Gasteiger charge is 2.30. The van der Waals surface area contributed by atoms with E-state index in [2.05, 4.69) is 43.9 Å². The van der Waals surface area contributed by atoms with Gasteiger partial charge in [0.2, 0.25) is 5.91 Å². The van der Waals surface area contributed by atoms with Gasteiger partial charge in [-0.2, -0.15) is 11.3 Å². The van der Waals surface area contributed by atoms with Gasteiger partial charge in [-0.25, -0.2) is 4.98 Å². The topological polar surface area (TPSA) is 78.4 Å². The molecule has 1 aliphatic rings. The molecule has 1 aliphatic heterocycles. The van der Waals surface area contributed by atoms with Crippen LogP contribution in [-0.4, -0.2) is 63.3 Å². The van der Waals surface area contributed by atoms with Gasteiger partial charge in [-0.05, 0) is 79.3 Å². The van der Waals surface area contributed by atoms with Gasteiger partial charge in [0.05, 0.1) is 12.0 Å². The van der Waals surface area contributed by atoms with E-state index in [1.165, 1.54) is 5.56 Å². The maximum atomic E-state index is 13.4. The number of piperidine rings is 1. The highest BCUT2D eigenvalue weighted by Crippen LogP contribution is 2.24. The molecule has 3 aromatic rings. The van der Waals surface area contributed by atoms with Crippen LogP contribution in [0.2, 0.25) is 10.3 Å². The van der Waals surface area contributed by atoms with Crippen molar-refractivity contribution in [2.24, 2.45) is 0 Å². The second-order valence-electron chi connectivity index (χ2n) is 9.74. The maximum absolute atomic E-state index is 13.4. The van der Waals surface area contributed by atoms with E-state index in [4.69, 9.17) is 23.2 Å². The largest absolute Gasteiger partial charge is 0.352 e. The minimum absolute atomic E-state index is 0.118. The van der Waals surface area contributed by atoms with Gasteiger partial charge in [-0.15, -0.1) is 0 Å². The summed E-state index contributed by atoms with van der Waals surface area (Å²) in [7, 11) is 0. The van der Waals surface area contributed by atoms with Crippen LogP contribution in [0.3, 0.4) is 0 Å². The Kier molecular flexibility index (Phi) is 10.1. The van der Waals surface area contributed by atoms with Crippen molar-refractivity contribution < 1.29 is 9.59 Å². The van der Waals surface area contributed by atoms with Gasteiger partial charge >= 0.3 is 0 Å². The van der Waals surface area contributed by atoms with Gasteiger partial charge in [0.15, 0.2) is 0 Å². The number of hydrogen-bond donors (Lipinski definition) is 1. The van der Waals surface area contributed by atoms with Crippen LogP contribution < -0.4 is 5.32 Å². The zero-order valence-corrected chi connectivity index (χ0v) is 24.0. The Morgan fingerprint density at radius 1 is 1.24 bits per heavy atom. The molecule has 4 heterocycles. The molecule has 0 aliphatic carbocycles. The number of rotatable bonds is 10. The lowest BCUT2D eigenvalue weighted by Gasteiger charge is -2.41. The van der Waals surface area contributed by atoms with E-state index in [1.54, 1.807) is 30.5 Å². The number of nitrogens with one attached hydrogen (secondary N) is 1. The van der Waals surface area contributed by atoms with Gasteiger partial charge in [0, 0.05) is 50.2 Å². The van der Waals surface area contributed by atoms with Crippen LogP contribution in [-0.2, 0) is 17.8 Å². The molecular formula is C28H33Cl2N5O2S. The number of pyridine rings is 2. The molecule has 0 bridgehead atoms. The molecule has 0 spiro atoms. The molecule has 7 nitrogen and oxygen atoms in total. The van der Waals surface area contributed by atoms with E-state index in [-0.39, 0.29) is 28.2 Å². The highest BCUT2D eigenvalue weighted by molar-refractivity contribution is 7.07. The summed E-state index contributed by atoms with van der Waals surface area (Å²) in [6.07, 6.45) is 4.69. The zero-order valence-electron chi connectivity index (χ0n) is 21.7. The smallest absolute Gasteiger partial charge is 0.254 e. The summed E-state index contributed by atoms with van der Waals surface area (Å²) >= 11 is 13.7. The van der Waals surface area contributed by atoms with Crippen molar-refractivity contribution in [3.8, 4) is 0 Å². The first-order chi connectivity index (χ1) is 18.3. The lowest BCUT2D eigenvalue weighted by atomic mass is 9.99. The number of carbonyl (C=O) groups excluding carboxylic acids is 2. The van der Waals surface area contributed by atoms with Crippen molar-refractivity contribution in [3.05, 3.63) is 80.0 Å². The Morgan fingerprint density at radius 2 is 2.03 bits per heavy atom. The fourth-order valence-corrected chi connectivity index (χ4v) is 6.21. The number of likely N-dealkylation sites (tertiary alicyclic amines) is 1. The number of carbonyl (C=O) groups is 2. The lowest BCUT2D eigenvalue weighted by Crippen LogP contribution is -2.49. The number of amides is 2. The zero-order chi connectivity index (χ0) is 27.1. The Morgan fingerprint density at radius 3 is 2.68 bits per heavy atom. The average Bonchev–Trinajstić information content (AvgIpc) is 3.41. The third kappa shape index (κ3) is 7.53. The molecule has 1 N–H and O–H groups in total. The van der Waals surface area contributed by atoms with Crippen LogP contribution in [0.15, 0.2) is 47.3 Å². The average molecular weight is 575 g/mol. The number of nitrogens with zero attached hydrogens (tertiary/aromatic N) is 4. The number of hydrogen-bond acceptors (Lipinski definition) is 6. The molecule has 3 aromatic heterocycles. The third-order valence-electron chi connectivity index (χ3n) is 7.09. The second-order valence-corrected chi connectivity index (χ2v) is 11.3. The molecule has 38 heavy (non-hydrogen) atoms. The molecule has 0 unspecified atom stereocenters. The van der Waals surface area contributed by atoms with Gasteiger partial charge in [-0.3, -0.25) is 14.6 Å². The molecule has 10 heteroatoms. The van der Waals surface area contributed by atoms with E-state index in [0.717, 1.165) is 38.0 Å². The molecule has 0 radical (unpaired) electrons. The van der Waals surface area contributed by atoms with Crippen molar-refractivity contribution >= 4 is 46.4 Å². The molecule has 1 atom stereocenters. The molecule has 2 amide bonds. The van der Waals surface area contributed by atoms with Crippen LogP contribution in [0.1, 0.15) is 53.4 Å². The molecule has 202 valence electrons. The summed E-state index contributed by atoms with van der Waals surface area (Å²) in [5, 5.41) is 7.52. The first-order valence-electron chi connectivity index (χ1n) is 12.9. The van der Waals surface area contributed by atoms with Gasteiger partial charge in [0.25, 0.3) is 5.91 Å². The summed E-state index contributed by atoms with van der Waals surface area (Å²) in [6.45, 7) is 6.95. The Balaban J connectivity index is 1.29. The molecule has 4 rings (SSSR count). The van der Waals surface area contributed by atoms with E-state index in [0.29, 0.717) is 36.7 Å². The van der Waals surface area contributed by atoms with Crippen molar-refractivity contribution in [3.63, 3.8) is 0 Å². The summed E-state index contributed by atoms with van der Waals surface area (Å²) in [5.41, 5.74) is 3.03. The van der Waals surface area contributed by atoms with Crippen LogP contribution >= 0.6 is 34.5 Å². The summed E-state index contributed by atoms with van der Waals surface area (Å²) in [5.74, 6) is -0.118. The molecule has 0 aromatic carbocycles. The SMILES string of the molecule is Cc1cc(Cl)nc(Cl)c1C(=O)NCC[C@@H](C)N1CCC(N(Cc2ccsc2)C(=O)Cc2ccccn2)CC1. The minimum Gasteiger partial charge on any atom is -0.352 e. The van der Waals surface area contributed by atoms with E-state index in [9.17, 15) is 9.59 Å². The fourth-order valence-electron chi connectivity index (χ4n) is 4.93. The van der Waals surface area contributed by atoms with Crippen LogP contribution in [0, 0.1) is 6.92 Å². The van der Waals surface area contributed by atoms with E-state index >= 15 is 0 Å². The number of aromatic nitrogens is 2. The molecule has 1 fully saturated rings. The Labute approximate surface area is 238 Å². The second kappa shape index (κ2) is 13.5. The number of thiophene rings is 1. The fraction of sp³-hybridized carbons (Fsp3) is 0.429. The Hall–Kier alpha value is -2.52. The van der Waals surface area contributed by atoms with Gasteiger partial charge in [-0.1, -0.05) is 29.3 Å². The molecule has 1 saturated heterocycles. The maximum Gasteiger partial charge on any atom is 0.254 e. The monoisotopic (exact) mass is 573 g/mol. The minimum atomic E-state index is -0.238. The third-order valence-corrected chi connectivity index (χ3v) is 8.29. The van der Waals surface area contributed by atoms with Gasteiger partial charge in [0.1, 0.15) is 10.3 Å². The van der Waals surface area contributed by atoms with Crippen molar-refractivity contribution in [1.29, 1.82) is 0 Å². The van der Waals surface area contributed by atoms with Crippen molar-refractivity contribution in [1.82, 2.24) is 25.1 Å². The number of aryl methyl sites for hydroxylation is 1. The summed E-state index contributed by atoms with van der Waals surface area (Å²) in [4.78, 5) is 38.8. The van der Waals surface area contributed by atoms with E-state index < -0.39 is 0 Å². The quantitative estimate of drug-likeness (QED) is 0.328. The normalized spacial score (nSPS) is 15.3. The highest BCUT2D eigenvalue weighted by atomic mass is 35.5. The Bertz CT molecular complexity index is 1190. The van der Waals surface area contributed by atoms with Gasteiger partial charge < -0.3 is 15.1 Å². The standard InChI is InChI=1S/C28H33Cl2N5O2S/c1-19-15-24(29)33-27(30)26(19)28(37)32-11-6-20(2)34-12-7-23(8-13-34)35(17-21-9-14-38-18-21)25(36)16-22-5-3-4-10-31-22/h3-5,9-10,14-15,18,20,23H,6-8,11-13,16-17H2,1-2H3,(H,32,37)/t20-/m1/s1. The molecule has 0 saturated carbocycles. The predicted molar refractivity (Wildman–Crippen MR) is 153 cm³/mol. The number of halogens is 2. The van der Waals surface area contributed by atoms with Crippen molar-refractivity contribution in [2.45, 2.75) is 58.2 Å². The van der Waals surface area contributed by atoms with Crippen LogP contribution in [0.5, 0.6) is 0 Å². The molecular weight excluding hydrogens is 541 g/mol. The van der Waals surface area contributed by atoms with Crippen LogP contribution in [0.4, 0.5) is 0 Å². The van der Waals surface area contributed by atoms with Crippen molar-refractivity contribution in [2.75, 3.05) is 19.6 Å². The first-order valence-corrected chi connectivity index (χ1v) is 14.6. The van der Waals surface area contributed by atoms with Crippen LogP contribution in [0.25, 0.3) is 0 Å². The van der Waals surface area contributed by atoms with E-state index in [1.807, 2.05) is 23.1 Å².